The molecule has 0 saturated heterocycles. The highest BCUT2D eigenvalue weighted by Gasteiger charge is 2.34. The lowest BCUT2D eigenvalue weighted by molar-refractivity contribution is 0.220. The van der Waals surface area contributed by atoms with Crippen LogP contribution in [-0.2, 0) is 10.0 Å². The van der Waals surface area contributed by atoms with Crippen molar-refractivity contribution in [2.75, 3.05) is 12.4 Å². The van der Waals surface area contributed by atoms with Crippen LogP contribution in [-0.4, -0.2) is 31.2 Å². The molecule has 0 aliphatic heterocycles. The molecule has 1 aromatic rings. The van der Waals surface area contributed by atoms with Gasteiger partial charge in [-0.2, -0.15) is 4.31 Å². The van der Waals surface area contributed by atoms with Gasteiger partial charge in [-0.25, -0.2) is 8.42 Å². The van der Waals surface area contributed by atoms with Gasteiger partial charge in [-0.1, -0.05) is 12.5 Å². The first-order chi connectivity index (χ1) is 8.16. The molecule has 0 aromatic carbocycles. The van der Waals surface area contributed by atoms with E-state index in [1.165, 1.54) is 11.3 Å². The molecule has 3 nitrogen and oxygen atoms in total. The Morgan fingerprint density at radius 2 is 2.24 bits per heavy atom. The topological polar surface area (TPSA) is 37.4 Å². The monoisotopic (exact) mass is 293 g/mol. The zero-order chi connectivity index (χ0) is 12.3. The van der Waals surface area contributed by atoms with Gasteiger partial charge in [0.05, 0.1) is 0 Å². The first-order valence-corrected chi connectivity index (χ1v) is 8.63. The molecule has 0 spiro atoms. The molecule has 1 aromatic heterocycles. The maximum atomic E-state index is 12.4. The summed E-state index contributed by atoms with van der Waals surface area (Å²) in [6, 6.07) is 3.63. The molecule has 0 N–H and O–H groups in total. The van der Waals surface area contributed by atoms with Crippen molar-refractivity contribution in [3.05, 3.63) is 17.5 Å². The maximum absolute atomic E-state index is 12.4. The lowest BCUT2D eigenvalue weighted by atomic mass is 9.93. The summed E-state index contributed by atoms with van der Waals surface area (Å²) in [5, 5.41) is 1.80. The third-order valence-corrected chi connectivity index (χ3v) is 6.64. The number of alkyl halides is 1. The molecule has 6 heteroatoms. The average molecular weight is 294 g/mol. The first-order valence-electron chi connectivity index (χ1n) is 5.77. The van der Waals surface area contributed by atoms with Crippen molar-refractivity contribution < 1.29 is 8.42 Å². The van der Waals surface area contributed by atoms with Crippen LogP contribution in [0.3, 0.4) is 0 Å². The first kappa shape index (κ1) is 13.3. The molecular weight excluding hydrogens is 278 g/mol. The van der Waals surface area contributed by atoms with Crippen LogP contribution >= 0.6 is 22.9 Å². The van der Waals surface area contributed by atoms with Crippen LogP contribution in [0.5, 0.6) is 0 Å². The summed E-state index contributed by atoms with van der Waals surface area (Å²) in [6.07, 6.45) is 3.80. The summed E-state index contributed by atoms with van der Waals surface area (Å²) >= 11 is 6.95. The number of hydrogen-bond acceptors (Lipinski definition) is 3. The number of halogens is 1. The second-order valence-corrected chi connectivity index (χ2v) is 7.62. The minimum Gasteiger partial charge on any atom is -0.206 e. The molecule has 0 unspecified atom stereocenters. The van der Waals surface area contributed by atoms with Crippen LogP contribution in [0, 0.1) is 0 Å². The Kier molecular flexibility index (Phi) is 4.47. The van der Waals surface area contributed by atoms with Crippen LogP contribution in [0.4, 0.5) is 0 Å². The molecule has 0 bridgehead atoms. The van der Waals surface area contributed by atoms with E-state index in [4.69, 9.17) is 11.6 Å². The van der Waals surface area contributed by atoms with Crippen molar-refractivity contribution >= 4 is 33.0 Å². The summed E-state index contributed by atoms with van der Waals surface area (Å²) in [4.78, 5) is 0. The number of rotatable bonds is 6. The van der Waals surface area contributed by atoms with Crippen molar-refractivity contribution in [1.82, 2.24) is 4.31 Å². The minimum absolute atomic E-state index is 0.185. The Morgan fingerprint density at radius 3 is 2.71 bits per heavy atom. The van der Waals surface area contributed by atoms with Crippen molar-refractivity contribution in [3.8, 4) is 0 Å². The van der Waals surface area contributed by atoms with E-state index < -0.39 is 10.0 Å². The summed E-state index contributed by atoms with van der Waals surface area (Å²) in [5.41, 5.74) is 0. The second kappa shape index (κ2) is 5.69. The van der Waals surface area contributed by atoms with Gasteiger partial charge in [-0.3, -0.25) is 0 Å². The minimum atomic E-state index is -3.30. The van der Waals surface area contributed by atoms with E-state index in [-0.39, 0.29) is 6.04 Å². The molecule has 0 atom stereocenters. The van der Waals surface area contributed by atoms with Gasteiger partial charge in [0.1, 0.15) is 4.21 Å². The van der Waals surface area contributed by atoms with Gasteiger partial charge in [0, 0.05) is 18.5 Å². The van der Waals surface area contributed by atoms with Gasteiger partial charge in [-0.05, 0) is 30.7 Å². The molecule has 1 fully saturated rings. The van der Waals surface area contributed by atoms with E-state index in [1.807, 2.05) is 0 Å². The molecule has 96 valence electrons. The molecule has 17 heavy (non-hydrogen) atoms. The Hall–Kier alpha value is -0.100. The fourth-order valence-electron chi connectivity index (χ4n) is 1.92. The van der Waals surface area contributed by atoms with E-state index in [2.05, 4.69) is 0 Å². The number of hydrogen-bond donors (Lipinski definition) is 0. The molecule has 2 rings (SSSR count). The lowest BCUT2D eigenvalue weighted by Crippen LogP contribution is -2.44. The third-order valence-electron chi connectivity index (χ3n) is 3.05. The van der Waals surface area contributed by atoms with Crippen LogP contribution in [0.25, 0.3) is 0 Å². The molecule has 1 aliphatic rings. The van der Waals surface area contributed by atoms with E-state index in [9.17, 15) is 8.42 Å². The lowest BCUT2D eigenvalue weighted by Gasteiger charge is -2.36. The van der Waals surface area contributed by atoms with Crippen LogP contribution in [0.15, 0.2) is 21.7 Å². The number of sulfonamides is 1. The van der Waals surface area contributed by atoms with Gasteiger partial charge in [0.2, 0.25) is 0 Å². The van der Waals surface area contributed by atoms with Gasteiger partial charge in [-0.15, -0.1) is 22.9 Å². The van der Waals surface area contributed by atoms with Gasteiger partial charge >= 0.3 is 0 Å². The van der Waals surface area contributed by atoms with Crippen molar-refractivity contribution in [3.63, 3.8) is 0 Å². The third kappa shape index (κ3) is 2.84. The van der Waals surface area contributed by atoms with Crippen molar-refractivity contribution in [2.45, 2.75) is 35.9 Å². The molecule has 1 heterocycles. The summed E-state index contributed by atoms with van der Waals surface area (Å²) in [5.74, 6) is 0.503. The predicted molar refractivity (Wildman–Crippen MR) is 71.2 cm³/mol. The standard InChI is InChI=1S/C11H16ClNO2S2/c12-7-3-8-13(10-4-1-5-10)17(14,15)11-6-2-9-16-11/h2,6,9-10H,1,3-5,7-8H2. The smallest absolute Gasteiger partial charge is 0.206 e. The number of nitrogens with zero attached hydrogens (tertiary/aromatic N) is 1. The normalized spacial score (nSPS) is 17.3. The van der Waals surface area contributed by atoms with Gasteiger partial charge < -0.3 is 0 Å². The predicted octanol–water partition coefficient (Wildman–Crippen LogP) is 2.92. The Bertz CT molecular complexity index is 440. The molecule has 0 amide bonds. The van der Waals surface area contributed by atoms with E-state index in [0.29, 0.717) is 23.1 Å². The highest BCUT2D eigenvalue weighted by Crippen LogP contribution is 2.31. The van der Waals surface area contributed by atoms with Crippen molar-refractivity contribution in [1.29, 1.82) is 0 Å². The highest BCUT2D eigenvalue weighted by molar-refractivity contribution is 7.91. The van der Waals surface area contributed by atoms with E-state index in [1.54, 1.807) is 21.8 Å². The fourth-order valence-corrected chi connectivity index (χ4v) is 4.88. The van der Waals surface area contributed by atoms with Gasteiger partial charge in [0.15, 0.2) is 0 Å². The Balaban J connectivity index is 2.19. The molecule has 0 radical (unpaired) electrons. The maximum Gasteiger partial charge on any atom is 0.252 e. The van der Waals surface area contributed by atoms with Crippen molar-refractivity contribution in [2.24, 2.45) is 0 Å². The Morgan fingerprint density at radius 1 is 1.47 bits per heavy atom. The SMILES string of the molecule is O=S(=O)(c1cccs1)N(CCCCl)C1CCC1. The largest absolute Gasteiger partial charge is 0.252 e. The number of thiophene rings is 1. The quantitative estimate of drug-likeness (QED) is 0.756. The van der Waals surface area contributed by atoms with Gasteiger partial charge in [0.25, 0.3) is 10.0 Å². The van der Waals surface area contributed by atoms with E-state index in [0.717, 1.165) is 19.3 Å². The molecule has 1 saturated carbocycles. The molecule has 1 aliphatic carbocycles. The zero-order valence-corrected chi connectivity index (χ0v) is 11.9. The Labute approximate surface area is 111 Å². The highest BCUT2D eigenvalue weighted by atomic mass is 35.5. The second-order valence-electron chi connectivity index (χ2n) is 4.18. The van der Waals surface area contributed by atoms with Crippen LogP contribution in [0.2, 0.25) is 0 Å². The summed E-state index contributed by atoms with van der Waals surface area (Å²) in [7, 11) is -3.30. The zero-order valence-electron chi connectivity index (χ0n) is 9.51. The van der Waals surface area contributed by atoms with E-state index >= 15 is 0 Å². The molecular formula is C11H16ClNO2S2. The van der Waals surface area contributed by atoms with Crippen LogP contribution in [0.1, 0.15) is 25.7 Å². The average Bonchev–Trinajstić information content (AvgIpc) is 2.74. The van der Waals surface area contributed by atoms with Crippen LogP contribution < -0.4 is 0 Å². The summed E-state index contributed by atoms with van der Waals surface area (Å²) in [6.45, 7) is 0.536. The summed E-state index contributed by atoms with van der Waals surface area (Å²) < 4.78 is 26.9. The fraction of sp³-hybridized carbons (Fsp3) is 0.636.